The van der Waals surface area contributed by atoms with Gasteiger partial charge in [0.2, 0.25) is 5.91 Å². The average Bonchev–Trinajstić information content (AvgIpc) is 2.84. The number of para-hydroxylation sites is 3. The number of anilines is 2. The number of aromatic nitrogens is 2. The van der Waals surface area contributed by atoms with E-state index in [2.05, 4.69) is 9.97 Å². The maximum absolute atomic E-state index is 13.8. The van der Waals surface area contributed by atoms with E-state index in [0.29, 0.717) is 23.0 Å². The van der Waals surface area contributed by atoms with E-state index in [1.54, 1.807) is 25.4 Å². The maximum Gasteiger partial charge on any atom is 0.260 e. The molecule has 6 heteroatoms. The highest BCUT2D eigenvalue weighted by Crippen LogP contribution is 2.42. The topological polar surface area (TPSA) is 66.4 Å². The summed E-state index contributed by atoms with van der Waals surface area (Å²) in [7, 11) is 0. The summed E-state index contributed by atoms with van der Waals surface area (Å²) in [6.07, 6.45) is 3.85. The van der Waals surface area contributed by atoms with Crippen LogP contribution in [0.15, 0.2) is 85.2 Å². The molecule has 0 saturated heterocycles. The second kappa shape index (κ2) is 8.47. The predicted molar refractivity (Wildman–Crippen MR) is 129 cm³/mol. The predicted octanol–water partition coefficient (Wildman–Crippen LogP) is 5.16. The molecule has 0 saturated carbocycles. The van der Waals surface area contributed by atoms with Crippen LogP contribution in [-0.4, -0.2) is 27.8 Å². The molecule has 0 fully saturated rings. The lowest BCUT2D eigenvalue weighted by Gasteiger charge is -2.43. The van der Waals surface area contributed by atoms with Gasteiger partial charge < -0.3 is 9.80 Å². The quantitative estimate of drug-likeness (QED) is 0.445. The van der Waals surface area contributed by atoms with Crippen molar-refractivity contribution >= 4 is 34.2 Å². The van der Waals surface area contributed by atoms with Crippen LogP contribution in [-0.2, 0) is 4.79 Å². The van der Waals surface area contributed by atoms with E-state index < -0.39 is 0 Å². The van der Waals surface area contributed by atoms with Gasteiger partial charge in [-0.05, 0) is 49.2 Å². The van der Waals surface area contributed by atoms with Crippen LogP contribution in [0.2, 0.25) is 0 Å². The Labute approximate surface area is 192 Å². The van der Waals surface area contributed by atoms with Crippen molar-refractivity contribution in [2.45, 2.75) is 32.4 Å². The third kappa shape index (κ3) is 3.63. The maximum atomic E-state index is 13.8. The zero-order chi connectivity index (χ0) is 22.9. The van der Waals surface area contributed by atoms with Crippen molar-refractivity contribution in [2.24, 2.45) is 0 Å². The molecule has 4 aromatic rings. The lowest BCUT2D eigenvalue weighted by Crippen LogP contribution is -2.47. The summed E-state index contributed by atoms with van der Waals surface area (Å²) < 4.78 is 0. The minimum Gasteiger partial charge on any atom is -0.305 e. The second-order valence-electron chi connectivity index (χ2n) is 8.29. The van der Waals surface area contributed by atoms with Crippen molar-refractivity contribution in [3.05, 3.63) is 96.3 Å². The third-order valence-corrected chi connectivity index (χ3v) is 6.19. The van der Waals surface area contributed by atoms with E-state index in [1.807, 2.05) is 83.5 Å². The van der Waals surface area contributed by atoms with Crippen LogP contribution >= 0.6 is 0 Å². The highest BCUT2D eigenvalue weighted by Gasteiger charge is 2.38. The minimum absolute atomic E-state index is 0.0303. The molecule has 2 heterocycles. The summed E-state index contributed by atoms with van der Waals surface area (Å²) in [5.41, 5.74) is 4.41. The fourth-order valence-electron chi connectivity index (χ4n) is 4.80. The first-order valence-electron chi connectivity index (χ1n) is 11.0. The zero-order valence-corrected chi connectivity index (χ0v) is 18.6. The van der Waals surface area contributed by atoms with Gasteiger partial charge >= 0.3 is 0 Å². The Kier molecular flexibility index (Phi) is 5.34. The first kappa shape index (κ1) is 20.8. The molecule has 3 aromatic carbocycles. The molecule has 164 valence electrons. The van der Waals surface area contributed by atoms with E-state index in [1.165, 1.54) is 0 Å². The van der Waals surface area contributed by atoms with Gasteiger partial charge in [0.05, 0.1) is 17.1 Å². The number of hydrogen-bond donors (Lipinski definition) is 0. The Balaban J connectivity index is 1.61. The van der Waals surface area contributed by atoms with Crippen LogP contribution in [0.4, 0.5) is 11.4 Å². The van der Waals surface area contributed by atoms with Gasteiger partial charge in [0.1, 0.15) is 5.52 Å². The molecule has 33 heavy (non-hydrogen) atoms. The molecular weight excluding hydrogens is 412 g/mol. The Morgan fingerprint density at radius 2 is 1.64 bits per heavy atom. The van der Waals surface area contributed by atoms with Gasteiger partial charge in [-0.2, -0.15) is 0 Å². The van der Waals surface area contributed by atoms with Gasteiger partial charge in [-0.15, -0.1) is 0 Å². The Morgan fingerprint density at radius 1 is 0.909 bits per heavy atom. The first-order chi connectivity index (χ1) is 16.1. The number of fused-ring (bicyclic) bond motifs is 2. The molecule has 2 amide bonds. The SMILES string of the molecule is CC(=O)N(c1ccccc1)[C@H]1C[C@@H](C)N(C(=O)c2cccc3nccnc23)c2ccccc21. The summed E-state index contributed by atoms with van der Waals surface area (Å²) in [4.78, 5) is 39.0. The van der Waals surface area contributed by atoms with Gasteiger partial charge in [0, 0.05) is 36.7 Å². The van der Waals surface area contributed by atoms with Crippen LogP contribution in [0.3, 0.4) is 0 Å². The molecule has 0 unspecified atom stereocenters. The molecule has 0 N–H and O–H groups in total. The average molecular weight is 437 g/mol. The Morgan fingerprint density at radius 3 is 2.42 bits per heavy atom. The monoisotopic (exact) mass is 436 g/mol. The van der Waals surface area contributed by atoms with Gasteiger partial charge in [-0.1, -0.05) is 42.5 Å². The summed E-state index contributed by atoms with van der Waals surface area (Å²) in [5, 5.41) is 0. The molecule has 1 aromatic heterocycles. The summed E-state index contributed by atoms with van der Waals surface area (Å²) in [6, 6.07) is 22.7. The third-order valence-electron chi connectivity index (χ3n) is 6.19. The van der Waals surface area contributed by atoms with E-state index in [4.69, 9.17) is 0 Å². The van der Waals surface area contributed by atoms with Crippen molar-refractivity contribution in [3.8, 4) is 0 Å². The minimum atomic E-state index is -0.174. The molecular formula is C27H24N4O2. The van der Waals surface area contributed by atoms with E-state index in [9.17, 15) is 9.59 Å². The van der Waals surface area contributed by atoms with Crippen molar-refractivity contribution in [1.82, 2.24) is 9.97 Å². The normalized spacial score (nSPS) is 17.5. The molecule has 6 nitrogen and oxygen atoms in total. The van der Waals surface area contributed by atoms with Crippen LogP contribution in [0.5, 0.6) is 0 Å². The number of rotatable bonds is 3. The van der Waals surface area contributed by atoms with Crippen LogP contribution in [0.25, 0.3) is 11.0 Å². The smallest absolute Gasteiger partial charge is 0.260 e. The van der Waals surface area contributed by atoms with Crippen molar-refractivity contribution in [1.29, 1.82) is 0 Å². The number of hydrogen-bond acceptors (Lipinski definition) is 4. The number of carbonyl (C=O) groups is 2. The van der Waals surface area contributed by atoms with E-state index in [-0.39, 0.29) is 23.9 Å². The van der Waals surface area contributed by atoms with Gasteiger partial charge in [0.15, 0.2) is 0 Å². The van der Waals surface area contributed by atoms with Gasteiger partial charge in [-0.25, -0.2) is 0 Å². The molecule has 1 aliphatic heterocycles. The lowest BCUT2D eigenvalue weighted by atomic mass is 9.89. The van der Waals surface area contributed by atoms with Crippen molar-refractivity contribution in [3.63, 3.8) is 0 Å². The Hall–Kier alpha value is -4.06. The molecule has 0 spiro atoms. The summed E-state index contributed by atoms with van der Waals surface area (Å²) >= 11 is 0. The fourth-order valence-corrected chi connectivity index (χ4v) is 4.80. The highest BCUT2D eigenvalue weighted by atomic mass is 16.2. The first-order valence-corrected chi connectivity index (χ1v) is 11.0. The number of carbonyl (C=O) groups excluding carboxylic acids is 2. The van der Waals surface area contributed by atoms with Crippen LogP contribution in [0, 0.1) is 0 Å². The van der Waals surface area contributed by atoms with E-state index >= 15 is 0 Å². The van der Waals surface area contributed by atoms with E-state index in [0.717, 1.165) is 16.9 Å². The molecule has 0 bridgehead atoms. The lowest BCUT2D eigenvalue weighted by molar-refractivity contribution is -0.117. The standard InChI is InChI=1S/C27H24N4O2/c1-18-17-25(31(19(2)32)20-9-4-3-5-10-20)21-11-6-7-14-24(21)30(18)27(33)22-12-8-13-23-26(22)29-16-15-28-23/h3-16,18,25H,17H2,1-2H3/t18-,25+/m1/s1. The fraction of sp³-hybridized carbons (Fsp3) is 0.185. The van der Waals surface area contributed by atoms with Crippen molar-refractivity contribution in [2.75, 3.05) is 9.80 Å². The number of nitrogens with zero attached hydrogens (tertiary/aromatic N) is 4. The van der Waals surface area contributed by atoms with Crippen molar-refractivity contribution < 1.29 is 9.59 Å². The zero-order valence-electron chi connectivity index (χ0n) is 18.6. The molecule has 0 aliphatic carbocycles. The number of benzene rings is 3. The molecule has 5 rings (SSSR count). The molecule has 1 aliphatic rings. The van der Waals surface area contributed by atoms with Crippen LogP contribution < -0.4 is 9.80 Å². The summed E-state index contributed by atoms with van der Waals surface area (Å²) in [5.74, 6) is -0.147. The number of amides is 2. The van der Waals surface area contributed by atoms with Gasteiger partial charge in [-0.3, -0.25) is 19.6 Å². The second-order valence-corrected chi connectivity index (χ2v) is 8.29. The van der Waals surface area contributed by atoms with Gasteiger partial charge in [0.25, 0.3) is 5.91 Å². The highest BCUT2D eigenvalue weighted by molar-refractivity contribution is 6.13. The summed E-state index contributed by atoms with van der Waals surface area (Å²) in [6.45, 7) is 3.62. The Bertz CT molecular complexity index is 1330. The molecule has 2 atom stereocenters. The molecule has 0 radical (unpaired) electrons. The van der Waals surface area contributed by atoms with Crippen LogP contribution in [0.1, 0.15) is 42.2 Å². The largest absolute Gasteiger partial charge is 0.305 e.